The lowest BCUT2D eigenvalue weighted by atomic mass is 9.85. The molecule has 0 bridgehead atoms. The van der Waals surface area contributed by atoms with Gasteiger partial charge in [0.05, 0.1) is 31.5 Å². The summed E-state index contributed by atoms with van der Waals surface area (Å²) >= 11 is 0. The van der Waals surface area contributed by atoms with Crippen molar-refractivity contribution < 1.29 is 14.2 Å². The molecule has 1 aliphatic rings. The van der Waals surface area contributed by atoms with Crippen molar-refractivity contribution in [1.82, 2.24) is 0 Å². The van der Waals surface area contributed by atoms with E-state index in [1.807, 2.05) is 0 Å². The molecule has 0 radical (unpaired) electrons. The van der Waals surface area contributed by atoms with Crippen molar-refractivity contribution >= 4 is 0 Å². The topological polar surface area (TPSA) is 53.7 Å². The lowest BCUT2D eigenvalue weighted by Gasteiger charge is -2.43. The van der Waals surface area contributed by atoms with E-state index in [-0.39, 0.29) is 24.4 Å². The zero-order valence-electron chi connectivity index (χ0n) is 11.5. The minimum Gasteiger partial charge on any atom is -0.382 e. The van der Waals surface area contributed by atoms with E-state index in [4.69, 9.17) is 19.9 Å². The van der Waals surface area contributed by atoms with Crippen LogP contribution in [-0.4, -0.2) is 44.7 Å². The Balaban J connectivity index is 2.23. The predicted molar refractivity (Wildman–Crippen MR) is 68.0 cm³/mol. The van der Waals surface area contributed by atoms with Crippen LogP contribution in [-0.2, 0) is 14.2 Å². The molecular formula is C13H27NO3. The van der Waals surface area contributed by atoms with Gasteiger partial charge in [0.2, 0.25) is 0 Å². The van der Waals surface area contributed by atoms with Crippen molar-refractivity contribution in [3.05, 3.63) is 0 Å². The van der Waals surface area contributed by atoms with Gasteiger partial charge < -0.3 is 19.9 Å². The van der Waals surface area contributed by atoms with Gasteiger partial charge in [-0.3, -0.25) is 0 Å². The maximum Gasteiger partial charge on any atom is 0.0989 e. The van der Waals surface area contributed by atoms with Gasteiger partial charge in [0, 0.05) is 13.2 Å². The Morgan fingerprint density at radius 2 is 1.94 bits per heavy atom. The van der Waals surface area contributed by atoms with Crippen molar-refractivity contribution in [3.8, 4) is 0 Å². The van der Waals surface area contributed by atoms with Crippen LogP contribution in [0.25, 0.3) is 0 Å². The van der Waals surface area contributed by atoms with Crippen LogP contribution in [0.5, 0.6) is 0 Å². The zero-order chi connectivity index (χ0) is 12.8. The summed E-state index contributed by atoms with van der Waals surface area (Å²) in [5.74, 6) is 0.659. The largest absolute Gasteiger partial charge is 0.382 e. The third-order valence-electron chi connectivity index (χ3n) is 3.10. The summed E-state index contributed by atoms with van der Waals surface area (Å²) in [4.78, 5) is 0. The van der Waals surface area contributed by atoms with Crippen LogP contribution in [0.4, 0.5) is 0 Å². The number of methoxy groups -OCH3 is 1. The minimum absolute atomic E-state index is 0.0414. The van der Waals surface area contributed by atoms with E-state index in [0.717, 1.165) is 12.8 Å². The van der Waals surface area contributed by atoms with E-state index < -0.39 is 0 Å². The number of nitrogens with two attached hydrogens (primary N) is 1. The highest BCUT2D eigenvalue weighted by Crippen LogP contribution is 2.27. The molecule has 1 fully saturated rings. The summed E-state index contributed by atoms with van der Waals surface area (Å²) in [7, 11) is 1.67. The zero-order valence-corrected chi connectivity index (χ0v) is 11.5. The maximum atomic E-state index is 5.97. The third kappa shape index (κ3) is 4.92. The second kappa shape index (κ2) is 7.31. The van der Waals surface area contributed by atoms with Crippen molar-refractivity contribution in [2.75, 3.05) is 20.3 Å². The maximum absolute atomic E-state index is 5.97. The Labute approximate surface area is 105 Å². The van der Waals surface area contributed by atoms with Gasteiger partial charge in [0.15, 0.2) is 0 Å². The van der Waals surface area contributed by atoms with Gasteiger partial charge in [-0.1, -0.05) is 13.8 Å². The van der Waals surface area contributed by atoms with Crippen molar-refractivity contribution in [1.29, 1.82) is 0 Å². The molecule has 0 spiro atoms. The van der Waals surface area contributed by atoms with E-state index in [9.17, 15) is 0 Å². The standard InChI is InChI=1S/C13H27NO3/c1-9(2)7-10(3)17-12-8-11(14)13(12)16-6-5-15-4/h9-13H,5-8,14H2,1-4H3. The molecular weight excluding hydrogens is 218 g/mol. The molecule has 4 atom stereocenters. The van der Waals surface area contributed by atoms with E-state index >= 15 is 0 Å². The molecule has 1 saturated carbocycles. The van der Waals surface area contributed by atoms with Gasteiger partial charge >= 0.3 is 0 Å². The average Bonchev–Trinajstić information content (AvgIpc) is 2.22. The molecule has 0 amide bonds. The van der Waals surface area contributed by atoms with E-state index in [1.165, 1.54) is 0 Å². The molecule has 4 nitrogen and oxygen atoms in total. The second-order valence-electron chi connectivity index (χ2n) is 5.34. The van der Waals surface area contributed by atoms with E-state index in [2.05, 4.69) is 20.8 Å². The molecule has 0 aromatic heterocycles. The molecule has 1 aliphatic carbocycles. The smallest absolute Gasteiger partial charge is 0.0989 e. The Kier molecular flexibility index (Phi) is 6.41. The molecule has 17 heavy (non-hydrogen) atoms. The first-order chi connectivity index (χ1) is 8.04. The highest BCUT2D eigenvalue weighted by Gasteiger charge is 2.41. The fraction of sp³-hybridized carbons (Fsp3) is 1.00. The summed E-state index contributed by atoms with van der Waals surface area (Å²) < 4.78 is 16.6. The fourth-order valence-electron chi connectivity index (χ4n) is 2.27. The normalized spacial score (nSPS) is 30.4. The monoisotopic (exact) mass is 245 g/mol. The van der Waals surface area contributed by atoms with E-state index in [1.54, 1.807) is 7.11 Å². The predicted octanol–water partition coefficient (Wildman–Crippen LogP) is 1.57. The Bertz CT molecular complexity index is 211. The van der Waals surface area contributed by atoms with Crippen LogP contribution in [0, 0.1) is 5.92 Å². The van der Waals surface area contributed by atoms with Crippen LogP contribution < -0.4 is 5.73 Å². The molecule has 4 heteroatoms. The molecule has 2 N–H and O–H groups in total. The molecule has 0 aliphatic heterocycles. The van der Waals surface area contributed by atoms with Crippen LogP contribution in [0.15, 0.2) is 0 Å². The first-order valence-corrected chi connectivity index (χ1v) is 6.56. The summed E-state index contributed by atoms with van der Waals surface area (Å²) in [5.41, 5.74) is 5.93. The fourth-order valence-corrected chi connectivity index (χ4v) is 2.27. The van der Waals surface area contributed by atoms with Crippen LogP contribution in [0.3, 0.4) is 0 Å². The van der Waals surface area contributed by atoms with Gasteiger partial charge in [-0.15, -0.1) is 0 Å². The van der Waals surface area contributed by atoms with Gasteiger partial charge in [0.1, 0.15) is 0 Å². The molecule has 4 unspecified atom stereocenters. The first kappa shape index (κ1) is 14.9. The summed E-state index contributed by atoms with van der Waals surface area (Å²) in [5, 5.41) is 0. The third-order valence-corrected chi connectivity index (χ3v) is 3.10. The van der Waals surface area contributed by atoms with Crippen molar-refractivity contribution in [2.45, 2.75) is 58.0 Å². The lowest BCUT2D eigenvalue weighted by molar-refractivity contribution is -0.164. The second-order valence-corrected chi connectivity index (χ2v) is 5.34. The van der Waals surface area contributed by atoms with Gasteiger partial charge in [0.25, 0.3) is 0 Å². The van der Waals surface area contributed by atoms with E-state index in [0.29, 0.717) is 19.1 Å². The van der Waals surface area contributed by atoms with Gasteiger partial charge in [-0.05, 0) is 25.7 Å². The quantitative estimate of drug-likeness (QED) is 0.660. The minimum atomic E-state index is 0.0414. The Hall–Kier alpha value is -0.160. The molecule has 1 rings (SSSR count). The molecule has 102 valence electrons. The number of ether oxygens (including phenoxy) is 3. The number of rotatable bonds is 8. The Morgan fingerprint density at radius 1 is 1.24 bits per heavy atom. The Morgan fingerprint density at radius 3 is 2.47 bits per heavy atom. The molecule has 0 aromatic carbocycles. The summed E-state index contributed by atoms with van der Waals surface area (Å²) in [6, 6.07) is 0.114. The summed E-state index contributed by atoms with van der Waals surface area (Å²) in [6.45, 7) is 7.73. The number of hydrogen-bond donors (Lipinski definition) is 1. The van der Waals surface area contributed by atoms with Gasteiger partial charge in [-0.2, -0.15) is 0 Å². The van der Waals surface area contributed by atoms with Crippen molar-refractivity contribution in [2.24, 2.45) is 11.7 Å². The van der Waals surface area contributed by atoms with Gasteiger partial charge in [-0.25, -0.2) is 0 Å². The molecule has 0 heterocycles. The highest BCUT2D eigenvalue weighted by molar-refractivity contribution is 4.95. The molecule has 0 aromatic rings. The summed E-state index contributed by atoms with van der Waals surface area (Å²) in [6.07, 6.45) is 2.47. The number of hydrogen-bond acceptors (Lipinski definition) is 4. The van der Waals surface area contributed by atoms with Crippen molar-refractivity contribution in [3.63, 3.8) is 0 Å². The van der Waals surface area contributed by atoms with Crippen LogP contribution >= 0.6 is 0 Å². The SMILES string of the molecule is COCCOC1C(N)CC1OC(C)CC(C)C. The van der Waals surface area contributed by atoms with Crippen LogP contribution in [0.2, 0.25) is 0 Å². The lowest BCUT2D eigenvalue weighted by Crippen LogP contribution is -2.59. The highest BCUT2D eigenvalue weighted by atomic mass is 16.6. The average molecular weight is 245 g/mol. The molecule has 0 saturated heterocycles. The van der Waals surface area contributed by atoms with Crippen LogP contribution in [0.1, 0.15) is 33.6 Å². The first-order valence-electron chi connectivity index (χ1n) is 6.56.